The van der Waals surface area contributed by atoms with E-state index in [2.05, 4.69) is 17.0 Å². The number of aryl methyl sites for hydroxylation is 1. The van der Waals surface area contributed by atoms with E-state index in [1.165, 1.54) is 19.5 Å². The number of nitrogen functional groups attached to an aromatic ring is 1. The fraction of sp³-hybridized carbons (Fsp3) is 0.700. The second-order valence-corrected chi connectivity index (χ2v) is 4.34. The minimum atomic E-state index is 0.663. The Bertz CT molecular complexity index is 298. The number of hydrogen-bond acceptors (Lipinski definition) is 3. The van der Waals surface area contributed by atoms with Crippen LogP contribution in [0.5, 0.6) is 0 Å². The molecule has 0 saturated carbocycles. The molecule has 1 aliphatic heterocycles. The Kier molecular flexibility index (Phi) is 2.46. The molecule has 78 valence electrons. The molecule has 1 fully saturated rings. The quantitative estimate of drug-likeness (QED) is 0.755. The first-order valence-electron chi connectivity index (χ1n) is 5.13. The average Bonchev–Trinajstić information content (AvgIpc) is 2.62. The van der Waals surface area contributed by atoms with Gasteiger partial charge in [-0.05, 0) is 32.9 Å². The monoisotopic (exact) mass is 194 g/mol. The van der Waals surface area contributed by atoms with Crippen molar-refractivity contribution in [2.45, 2.75) is 19.9 Å². The van der Waals surface area contributed by atoms with E-state index >= 15 is 0 Å². The Morgan fingerprint density at radius 1 is 1.64 bits per heavy atom. The number of likely N-dealkylation sites (tertiary alicyclic amines) is 1. The van der Waals surface area contributed by atoms with Gasteiger partial charge in [0.25, 0.3) is 0 Å². The van der Waals surface area contributed by atoms with Gasteiger partial charge in [0.15, 0.2) is 0 Å². The molecule has 0 radical (unpaired) electrons. The minimum absolute atomic E-state index is 0.663. The molecule has 0 amide bonds. The summed E-state index contributed by atoms with van der Waals surface area (Å²) in [5.41, 5.74) is 6.78. The summed E-state index contributed by atoms with van der Waals surface area (Å²) in [6, 6.07) is 0. The van der Waals surface area contributed by atoms with E-state index in [1.54, 1.807) is 0 Å². The number of anilines is 1. The molecular formula is C10H18N4. The van der Waals surface area contributed by atoms with Crippen LogP contribution < -0.4 is 5.73 Å². The highest BCUT2D eigenvalue weighted by Crippen LogP contribution is 2.17. The molecular weight excluding hydrogens is 176 g/mol. The van der Waals surface area contributed by atoms with Gasteiger partial charge in [-0.15, -0.1) is 0 Å². The van der Waals surface area contributed by atoms with E-state index in [-0.39, 0.29) is 0 Å². The number of rotatable bonds is 2. The van der Waals surface area contributed by atoms with Gasteiger partial charge in [0.2, 0.25) is 0 Å². The van der Waals surface area contributed by atoms with Crippen molar-refractivity contribution in [3.8, 4) is 0 Å². The molecule has 1 aliphatic rings. The zero-order valence-electron chi connectivity index (χ0n) is 8.90. The van der Waals surface area contributed by atoms with Gasteiger partial charge in [0.05, 0.1) is 0 Å². The maximum atomic E-state index is 5.70. The number of hydrogen-bond donors (Lipinski definition) is 1. The van der Waals surface area contributed by atoms with Crippen LogP contribution in [0.1, 0.15) is 12.0 Å². The molecule has 1 atom stereocenters. The van der Waals surface area contributed by atoms with Gasteiger partial charge < -0.3 is 10.6 Å². The van der Waals surface area contributed by atoms with Crippen LogP contribution in [0.3, 0.4) is 0 Å². The van der Waals surface area contributed by atoms with Crippen molar-refractivity contribution >= 4 is 5.82 Å². The Morgan fingerprint density at radius 2 is 2.43 bits per heavy atom. The Morgan fingerprint density at radius 3 is 2.93 bits per heavy atom. The molecule has 0 aliphatic carbocycles. The maximum Gasteiger partial charge on any atom is 0.148 e. The van der Waals surface area contributed by atoms with Crippen LogP contribution in [-0.4, -0.2) is 34.8 Å². The predicted molar refractivity (Wildman–Crippen MR) is 57.0 cm³/mol. The molecule has 4 nitrogen and oxygen atoms in total. The molecule has 4 heteroatoms. The molecule has 1 unspecified atom stereocenters. The normalized spacial score (nSPS) is 23.1. The highest BCUT2D eigenvalue weighted by atomic mass is 15.3. The lowest BCUT2D eigenvalue weighted by Gasteiger charge is -2.09. The summed E-state index contributed by atoms with van der Waals surface area (Å²) in [4.78, 5) is 2.37. The third-order valence-corrected chi connectivity index (χ3v) is 2.92. The summed E-state index contributed by atoms with van der Waals surface area (Å²) >= 11 is 0. The van der Waals surface area contributed by atoms with Crippen LogP contribution in [0, 0.1) is 12.8 Å². The second kappa shape index (κ2) is 3.61. The van der Waals surface area contributed by atoms with Gasteiger partial charge in [-0.2, -0.15) is 5.10 Å². The third kappa shape index (κ3) is 1.90. The van der Waals surface area contributed by atoms with Crippen LogP contribution in [0.2, 0.25) is 0 Å². The minimum Gasteiger partial charge on any atom is -0.382 e. The molecule has 1 saturated heterocycles. The van der Waals surface area contributed by atoms with Crippen molar-refractivity contribution in [3.63, 3.8) is 0 Å². The molecule has 0 spiro atoms. The van der Waals surface area contributed by atoms with Crippen molar-refractivity contribution in [1.82, 2.24) is 14.7 Å². The fourth-order valence-corrected chi connectivity index (χ4v) is 2.07. The number of aromatic nitrogens is 2. The van der Waals surface area contributed by atoms with E-state index in [9.17, 15) is 0 Å². The average molecular weight is 194 g/mol. The maximum absolute atomic E-state index is 5.70. The lowest BCUT2D eigenvalue weighted by molar-refractivity contribution is 0.370. The summed E-state index contributed by atoms with van der Waals surface area (Å²) < 4.78 is 1.98. The third-order valence-electron chi connectivity index (χ3n) is 2.92. The first-order chi connectivity index (χ1) is 6.65. The highest BCUT2D eigenvalue weighted by Gasteiger charge is 2.20. The zero-order valence-corrected chi connectivity index (χ0v) is 8.90. The zero-order chi connectivity index (χ0) is 10.1. The van der Waals surface area contributed by atoms with Gasteiger partial charge in [-0.3, -0.25) is 4.68 Å². The highest BCUT2D eigenvalue weighted by molar-refractivity contribution is 5.35. The SMILES string of the molecule is Cc1cn(CC2CCN(C)C2)nc1N. The first-order valence-corrected chi connectivity index (χ1v) is 5.13. The summed E-state index contributed by atoms with van der Waals surface area (Å²) in [5, 5.41) is 4.27. The van der Waals surface area contributed by atoms with Crippen molar-refractivity contribution in [2.24, 2.45) is 5.92 Å². The summed E-state index contributed by atoms with van der Waals surface area (Å²) in [6.07, 6.45) is 3.31. The smallest absolute Gasteiger partial charge is 0.148 e. The molecule has 2 N–H and O–H groups in total. The lowest BCUT2D eigenvalue weighted by Crippen LogP contribution is -2.17. The van der Waals surface area contributed by atoms with Crippen LogP contribution >= 0.6 is 0 Å². The van der Waals surface area contributed by atoms with E-state index in [0.717, 1.165) is 18.0 Å². The van der Waals surface area contributed by atoms with Crippen LogP contribution in [0.25, 0.3) is 0 Å². The predicted octanol–water partition coefficient (Wildman–Crippen LogP) is 0.725. The molecule has 2 rings (SSSR count). The Labute approximate surface area is 84.7 Å². The molecule has 14 heavy (non-hydrogen) atoms. The summed E-state index contributed by atoms with van der Waals surface area (Å²) in [7, 11) is 2.17. The van der Waals surface area contributed by atoms with Crippen molar-refractivity contribution < 1.29 is 0 Å². The van der Waals surface area contributed by atoms with Crippen LogP contribution in [0.4, 0.5) is 5.82 Å². The summed E-state index contributed by atoms with van der Waals surface area (Å²) in [5.74, 6) is 1.40. The Hall–Kier alpha value is -1.03. The molecule has 2 heterocycles. The lowest BCUT2D eigenvalue weighted by atomic mass is 10.1. The Balaban J connectivity index is 1.97. The second-order valence-electron chi connectivity index (χ2n) is 4.34. The number of nitrogens with zero attached hydrogens (tertiary/aromatic N) is 3. The van der Waals surface area contributed by atoms with Crippen molar-refractivity contribution in [1.29, 1.82) is 0 Å². The van der Waals surface area contributed by atoms with Gasteiger partial charge in [-0.1, -0.05) is 0 Å². The van der Waals surface area contributed by atoms with E-state index in [4.69, 9.17) is 5.73 Å². The van der Waals surface area contributed by atoms with Crippen molar-refractivity contribution in [3.05, 3.63) is 11.8 Å². The van der Waals surface area contributed by atoms with E-state index in [1.807, 2.05) is 17.8 Å². The van der Waals surface area contributed by atoms with Gasteiger partial charge in [0, 0.05) is 24.8 Å². The van der Waals surface area contributed by atoms with Crippen molar-refractivity contribution in [2.75, 3.05) is 25.9 Å². The van der Waals surface area contributed by atoms with Crippen LogP contribution in [0.15, 0.2) is 6.20 Å². The molecule has 0 bridgehead atoms. The largest absolute Gasteiger partial charge is 0.382 e. The van der Waals surface area contributed by atoms with Crippen LogP contribution in [-0.2, 0) is 6.54 Å². The first kappa shape index (κ1) is 9.52. The summed E-state index contributed by atoms with van der Waals surface area (Å²) in [6.45, 7) is 5.39. The molecule has 1 aromatic heterocycles. The van der Waals surface area contributed by atoms with Gasteiger partial charge in [-0.25, -0.2) is 0 Å². The molecule has 1 aromatic rings. The topological polar surface area (TPSA) is 47.1 Å². The molecule has 0 aromatic carbocycles. The number of nitrogens with two attached hydrogens (primary N) is 1. The van der Waals surface area contributed by atoms with E-state index < -0.39 is 0 Å². The standard InChI is InChI=1S/C10H18N4/c1-8-5-14(12-10(8)11)7-9-3-4-13(2)6-9/h5,9H,3-4,6-7H2,1-2H3,(H2,11,12). The van der Waals surface area contributed by atoms with Gasteiger partial charge in [0.1, 0.15) is 5.82 Å². The fourth-order valence-electron chi connectivity index (χ4n) is 2.07. The van der Waals surface area contributed by atoms with E-state index in [0.29, 0.717) is 5.82 Å². The van der Waals surface area contributed by atoms with Gasteiger partial charge >= 0.3 is 0 Å².